The molecule has 3 aromatic rings. The molecule has 0 aliphatic carbocycles. The molecular weight excluding hydrogens is 394 g/mol. The van der Waals surface area contributed by atoms with Gasteiger partial charge < -0.3 is 10.2 Å². The second-order valence-corrected chi connectivity index (χ2v) is 8.64. The van der Waals surface area contributed by atoms with Crippen LogP contribution in [0.2, 0.25) is 0 Å². The molecule has 0 radical (unpaired) electrons. The standard InChI is InChI=1S/C27H33N5/c1-21-17-22(2)25(29-18-21)9-5-3-4-8-14-32-15-12-23(13-16-32)28-19-24-20-30-26-10-6-7-11-27(26)31-24/h3-7,9-11,17-18,20,23,28H,8,12-16,19H2,1-2H3/b4-3+,9-5-. The molecule has 1 N–H and O–H groups in total. The zero-order chi connectivity index (χ0) is 22.2. The lowest BCUT2D eigenvalue weighted by Gasteiger charge is -2.32. The molecule has 0 atom stereocenters. The van der Waals surface area contributed by atoms with E-state index in [0.717, 1.165) is 55.0 Å². The molecule has 4 rings (SSSR count). The monoisotopic (exact) mass is 427 g/mol. The van der Waals surface area contributed by atoms with Gasteiger partial charge in [0.15, 0.2) is 0 Å². The van der Waals surface area contributed by atoms with Crippen molar-refractivity contribution >= 4 is 17.1 Å². The van der Waals surface area contributed by atoms with Crippen LogP contribution in [0.3, 0.4) is 0 Å². The lowest BCUT2D eigenvalue weighted by atomic mass is 10.0. The fourth-order valence-electron chi connectivity index (χ4n) is 4.17. The van der Waals surface area contributed by atoms with Crippen LogP contribution in [0.1, 0.15) is 41.8 Å². The summed E-state index contributed by atoms with van der Waals surface area (Å²) in [5.41, 5.74) is 6.41. The largest absolute Gasteiger partial charge is 0.308 e. The fraction of sp³-hybridized carbons (Fsp3) is 0.370. The molecule has 0 saturated carbocycles. The molecule has 1 aliphatic heterocycles. The molecule has 166 valence electrons. The summed E-state index contributed by atoms with van der Waals surface area (Å²) >= 11 is 0. The minimum atomic E-state index is 0.559. The third-order valence-corrected chi connectivity index (χ3v) is 6.03. The minimum Gasteiger partial charge on any atom is -0.308 e. The van der Waals surface area contributed by atoms with Crippen LogP contribution < -0.4 is 5.32 Å². The maximum Gasteiger partial charge on any atom is 0.0890 e. The molecule has 1 saturated heterocycles. The number of nitrogens with zero attached hydrogens (tertiary/aromatic N) is 4. The summed E-state index contributed by atoms with van der Waals surface area (Å²) in [6.07, 6.45) is 15.8. The zero-order valence-corrected chi connectivity index (χ0v) is 19.2. The van der Waals surface area contributed by atoms with Gasteiger partial charge in [-0.25, -0.2) is 4.98 Å². The van der Waals surface area contributed by atoms with Gasteiger partial charge in [-0.1, -0.05) is 36.4 Å². The maximum absolute atomic E-state index is 4.71. The number of para-hydroxylation sites is 2. The Labute approximate surface area is 191 Å². The van der Waals surface area contributed by atoms with Crippen molar-refractivity contribution in [1.29, 1.82) is 0 Å². The van der Waals surface area contributed by atoms with Gasteiger partial charge in [-0.15, -0.1) is 0 Å². The number of hydrogen-bond donors (Lipinski definition) is 1. The van der Waals surface area contributed by atoms with E-state index < -0.39 is 0 Å². The summed E-state index contributed by atoms with van der Waals surface area (Å²) < 4.78 is 0. The van der Waals surface area contributed by atoms with Crippen molar-refractivity contribution in [2.24, 2.45) is 0 Å². The minimum absolute atomic E-state index is 0.559. The molecular formula is C27H33N5. The quantitative estimate of drug-likeness (QED) is 0.521. The number of fused-ring (bicyclic) bond motifs is 1. The predicted molar refractivity (Wildman–Crippen MR) is 132 cm³/mol. The number of aromatic nitrogens is 3. The van der Waals surface area contributed by atoms with E-state index in [1.165, 1.54) is 24.0 Å². The van der Waals surface area contributed by atoms with Gasteiger partial charge in [-0.3, -0.25) is 9.97 Å². The second kappa shape index (κ2) is 11.1. The third kappa shape index (κ3) is 6.31. The van der Waals surface area contributed by atoms with E-state index in [1.807, 2.05) is 36.7 Å². The summed E-state index contributed by atoms with van der Waals surface area (Å²) in [4.78, 5) is 16.3. The van der Waals surface area contributed by atoms with Gasteiger partial charge in [-0.2, -0.15) is 0 Å². The number of allylic oxidation sites excluding steroid dienone is 2. The van der Waals surface area contributed by atoms with Crippen molar-refractivity contribution in [3.8, 4) is 0 Å². The number of likely N-dealkylation sites (tertiary alicyclic amines) is 1. The van der Waals surface area contributed by atoms with E-state index >= 15 is 0 Å². The number of aryl methyl sites for hydroxylation is 2. The summed E-state index contributed by atoms with van der Waals surface area (Å²) in [6, 6.07) is 10.8. The highest BCUT2D eigenvalue weighted by molar-refractivity contribution is 5.73. The first-order chi connectivity index (χ1) is 15.7. The fourth-order valence-corrected chi connectivity index (χ4v) is 4.17. The van der Waals surface area contributed by atoms with Gasteiger partial charge in [0.05, 0.1) is 28.6 Å². The number of nitrogens with one attached hydrogen (secondary N) is 1. The molecule has 0 unspecified atom stereocenters. The predicted octanol–water partition coefficient (Wildman–Crippen LogP) is 4.86. The molecule has 0 bridgehead atoms. The number of rotatable bonds is 8. The van der Waals surface area contributed by atoms with Crippen molar-refractivity contribution in [1.82, 2.24) is 25.2 Å². The maximum atomic E-state index is 4.71. The Balaban J connectivity index is 1.14. The molecule has 3 heterocycles. The van der Waals surface area contributed by atoms with Gasteiger partial charge in [0.1, 0.15) is 0 Å². The SMILES string of the molecule is Cc1cnc(/C=C\C=C\CCN2CCC(NCc3cnc4ccccc4n3)CC2)c(C)c1. The van der Waals surface area contributed by atoms with Crippen LogP contribution in [0.15, 0.2) is 61.0 Å². The van der Waals surface area contributed by atoms with Gasteiger partial charge in [0, 0.05) is 25.3 Å². The van der Waals surface area contributed by atoms with Crippen LogP contribution in [-0.4, -0.2) is 45.5 Å². The van der Waals surface area contributed by atoms with E-state index in [-0.39, 0.29) is 0 Å². The third-order valence-electron chi connectivity index (χ3n) is 6.03. The summed E-state index contributed by atoms with van der Waals surface area (Å²) in [5.74, 6) is 0. The first-order valence-electron chi connectivity index (χ1n) is 11.6. The van der Waals surface area contributed by atoms with Crippen LogP contribution in [0, 0.1) is 13.8 Å². The molecule has 1 aromatic carbocycles. The van der Waals surface area contributed by atoms with Gasteiger partial charge in [0.2, 0.25) is 0 Å². The van der Waals surface area contributed by atoms with E-state index in [2.05, 4.69) is 64.4 Å². The summed E-state index contributed by atoms with van der Waals surface area (Å²) in [7, 11) is 0. The van der Waals surface area contributed by atoms with E-state index in [1.54, 1.807) is 0 Å². The molecule has 2 aromatic heterocycles. The second-order valence-electron chi connectivity index (χ2n) is 8.64. The number of piperidine rings is 1. The number of benzene rings is 1. The van der Waals surface area contributed by atoms with Gasteiger partial charge >= 0.3 is 0 Å². The lowest BCUT2D eigenvalue weighted by molar-refractivity contribution is 0.200. The van der Waals surface area contributed by atoms with Crippen molar-refractivity contribution in [3.63, 3.8) is 0 Å². The molecule has 5 heteroatoms. The Morgan fingerprint density at radius 2 is 1.84 bits per heavy atom. The number of pyridine rings is 1. The average molecular weight is 428 g/mol. The highest BCUT2D eigenvalue weighted by atomic mass is 15.1. The van der Waals surface area contributed by atoms with Crippen molar-refractivity contribution in [2.75, 3.05) is 19.6 Å². The summed E-state index contributed by atoms with van der Waals surface area (Å²) in [5, 5.41) is 3.67. The molecule has 32 heavy (non-hydrogen) atoms. The Bertz CT molecular complexity index is 1080. The van der Waals surface area contributed by atoms with Gasteiger partial charge in [0.25, 0.3) is 0 Å². The number of hydrogen-bond acceptors (Lipinski definition) is 5. The summed E-state index contributed by atoms with van der Waals surface area (Å²) in [6.45, 7) is 8.39. The molecule has 0 spiro atoms. The Hall–Kier alpha value is -2.89. The van der Waals surface area contributed by atoms with E-state index in [4.69, 9.17) is 4.98 Å². The Morgan fingerprint density at radius 3 is 2.66 bits per heavy atom. The highest BCUT2D eigenvalue weighted by Gasteiger charge is 2.18. The van der Waals surface area contributed by atoms with Crippen molar-refractivity contribution in [3.05, 3.63) is 83.5 Å². The average Bonchev–Trinajstić information content (AvgIpc) is 2.82. The molecule has 1 aliphatic rings. The van der Waals surface area contributed by atoms with E-state index in [9.17, 15) is 0 Å². The van der Waals surface area contributed by atoms with Crippen LogP contribution in [0.25, 0.3) is 17.1 Å². The van der Waals surface area contributed by atoms with Crippen molar-refractivity contribution in [2.45, 2.75) is 45.7 Å². The van der Waals surface area contributed by atoms with Crippen LogP contribution >= 0.6 is 0 Å². The molecule has 1 fully saturated rings. The highest BCUT2D eigenvalue weighted by Crippen LogP contribution is 2.13. The van der Waals surface area contributed by atoms with Crippen LogP contribution in [0.5, 0.6) is 0 Å². The molecule has 0 amide bonds. The lowest BCUT2D eigenvalue weighted by Crippen LogP contribution is -2.42. The Morgan fingerprint density at radius 1 is 1.03 bits per heavy atom. The van der Waals surface area contributed by atoms with Crippen LogP contribution in [-0.2, 0) is 6.54 Å². The first kappa shape index (κ1) is 22.3. The normalized spacial score (nSPS) is 15.9. The van der Waals surface area contributed by atoms with E-state index in [0.29, 0.717) is 6.04 Å². The molecule has 5 nitrogen and oxygen atoms in total. The van der Waals surface area contributed by atoms with Crippen molar-refractivity contribution < 1.29 is 0 Å². The first-order valence-corrected chi connectivity index (χ1v) is 11.6. The Kier molecular flexibility index (Phi) is 7.75. The van der Waals surface area contributed by atoms with Gasteiger partial charge in [-0.05, 0) is 75.5 Å². The smallest absolute Gasteiger partial charge is 0.0890 e. The zero-order valence-electron chi connectivity index (χ0n) is 19.2. The van der Waals surface area contributed by atoms with Crippen LogP contribution in [0.4, 0.5) is 0 Å². The topological polar surface area (TPSA) is 53.9 Å².